The van der Waals surface area contributed by atoms with Gasteiger partial charge in [-0.05, 0) is 34.5 Å². The van der Waals surface area contributed by atoms with Gasteiger partial charge in [-0.3, -0.25) is 9.89 Å². The molecule has 2 N–H and O–H groups in total. The Bertz CT molecular complexity index is 1060. The molecule has 0 aliphatic carbocycles. The van der Waals surface area contributed by atoms with E-state index in [4.69, 9.17) is 0 Å². The average Bonchev–Trinajstić information content (AvgIpc) is 3.17. The van der Waals surface area contributed by atoms with Crippen molar-refractivity contribution in [3.63, 3.8) is 0 Å². The molecular formula is C21H16FN3O. The summed E-state index contributed by atoms with van der Waals surface area (Å²) in [6, 6.07) is 21.8. The summed E-state index contributed by atoms with van der Waals surface area (Å²) in [5, 5.41) is 12.1. The predicted molar refractivity (Wildman–Crippen MR) is 99.1 cm³/mol. The Labute approximate surface area is 149 Å². The van der Waals surface area contributed by atoms with Crippen molar-refractivity contribution in [1.82, 2.24) is 15.5 Å². The number of nitrogens with zero attached hydrogens (tertiary/aromatic N) is 1. The first kappa shape index (κ1) is 16.0. The molecule has 0 aliphatic rings. The Morgan fingerprint density at radius 3 is 2.62 bits per heavy atom. The maximum atomic E-state index is 12.9. The van der Waals surface area contributed by atoms with Crippen molar-refractivity contribution in [3.05, 3.63) is 89.9 Å². The van der Waals surface area contributed by atoms with E-state index in [1.54, 1.807) is 18.2 Å². The van der Waals surface area contributed by atoms with Crippen LogP contribution in [0, 0.1) is 5.82 Å². The summed E-state index contributed by atoms with van der Waals surface area (Å²) in [4.78, 5) is 12.3. The van der Waals surface area contributed by atoms with Crippen LogP contribution < -0.4 is 5.32 Å². The zero-order chi connectivity index (χ0) is 17.9. The molecule has 0 aliphatic heterocycles. The van der Waals surface area contributed by atoms with Gasteiger partial charge in [0.1, 0.15) is 11.5 Å². The summed E-state index contributed by atoms with van der Waals surface area (Å²) in [5.74, 6) is -0.554. The van der Waals surface area contributed by atoms with Crippen LogP contribution in [-0.4, -0.2) is 16.1 Å². The van der Waals surface area contributed by atoms with Crippen LogP contribution in [0.4, 0.5) is 4.39 Å². The van der Waals surface area contributed by atoms with E-state index in [9.17, 15) is 9.18 Å². The second-order valence-electron chi connectivity index (χ2n) is 6.00. The summed E-state index contributed by atoms with van der Waals surface area (Å²) in [5.41, 5.74) is 2.90. The highest BCUT2D eigenvalue weighted by molar-refractivity contribution is 5.98. The van der Waals surface area contributed by atoms with E-state index >= 15 is 0 Å². The topological polar surface area (TPSA) is 57.8 Å². The zero-order valence-electron chi connectivity index (χ0n) is 13.9. The van der Waals surface area contributed by atoms with Crippen LogP contribution in [0.25, 0.3) is 22.0 Å². The molecule has 26 heavy (non-hydrogen) atoms. The van der Waals surface area contributed by atoms with Crippen molar-refractivity contribution >= 4 is 16.7 Å². The lowest BCUT2D eigenvalue weighted by Crippen LogP contribution is -2.23. The van der Waals surface area contributed by atoms with Gasteiger partial charge in [0.2, 0.25) is 0 Å². The number of aromatic amines is 1. The molecule has 4 nitrogen and oxygen atoms in total. The molecule has 5 heteroatoms. The van der Waals surface area contributed by atoms with Crippen molar-refractivity contribution in [2.75, 3.05) is 0 Å². The number of hydrogen-bond donors (Lipinski definition) is 2. The van der Waals surface area contributed by atoms with Crippen molar-refractivity contribution in [2.24, 2.45) is 0 Å². The van der Waals surface area contributed by atoms with E-state index in [1.807, 2.05) is 42.5 Å². The molecule has 0 bridgehead atoms. The quantitative estimate of drug-likeness (QED) is 0.579. The predicted octanol–water partition coefficient (Wildman–Crippen LogP) is 4.30. The first-order valence-corrected chi connectivity index (χ1v) is 8.27. The SMILES string of the molecule is O=C(NCc1ccc(F)cc1)c1cc(-c2cccc3ccccc23)n[nH]1. The summed E-state index contributed by atoms with van der Waals surface area (Å²) >= 11 is 0. The Balaban J connectivity index is 1.53. The number of aromatic nitrogens is 2. The van der Waals surface area contributed by atoms with Gasteiger partial charge in [0.15, 0.2) is 0 Å². The maximum absolute atomic E-state index is 12.9. The van der Waals surface area contributed by atoms with Crippen LogP contribution in [0.2, 0.25) is 0 Å². The van der Waals surface area contributed by atoms with Gasteiger partial charge in [0.25, 0.3) is 5.91 Å². The molecule has 0 fully saturated rings. The van der Waals surface area contributed by atoms with Crippen LogP contribution >= 0.6 is 0 Å². The van der Waals surface area contributed by atoms with Gasteiger partial charge in [-0.15, -0.1) is 0 Å². The van der Waals surface area contributed by atoms with Gasteiger partial charge < -0.3 is 5.32 Å². The van der Waals surface area contributed by atoms with Crippen LogP contribution in [0.15, 0.2) is 72.8 Å². The lowest BCUT2D eigenvalue weighted by atomic mass is 10.0. The molecule has 0 atom stereocenters. The molecule has 0 unspecified atom stereocenters. The van der Waals surface area contributed by atoms with Crippen LogP contribution in [0.1, 0.15) is 16.1 Å². The molecule has 0 spiro atoms. The molecule has 1 amide bonds. The molecule has 4 rings (SSSR count). The van der Waals surface area contributed by atoms with Gasteiger partial charge in [-0.1, -0.05) is 54.6 Å². The minimum atomic E-state index is -0.298. The van der Waals surface area contributed by atoms with Crippen molar-refractivity contribution in [1.29, 1.82) is 0 Å². The fraction of sp³-hybridized carbons (Fsp3) is 0.0476. The van der Waals surface area contributed by atoms with E-state index in [2.05, 4.69) is 15.5 Å². The molecule has 4 aromatic rings. The third-order valence-corrected chi connectivity index (χ3v) is 4.25. The standard InChI is InChI=1S/C21H16FN3O/c22-16-10-8-14(9-11-16)13-23-21(26)20-12-19(24-25-20)18-7-3-5-15-4-1-2-6-17(15)18/h1-12H,13H2,(H,23,26)(H,24,25). The summed E-state index contributed by atoms with van der Waals surface area (Å²) < 4.78 is 12.9. The Morgan fingerprint density at radius 2 is 1.77 bits per heavy atom. The number of hydrogen-bond acceptors (Lipinski definition) is 2. The second kappa shape index (κ2) is 6.80. The van der Waals surface area contributed by atoms with Gasteiger partial charge >= 0.3 is 0 Å². The smallest absolute Gasteiger partial charge is 0.269 e. The van der Waals surface area contributed by atoms with Gasteiger partial charge in [0.05, 0.1) is 5.69 Å². The molecule has 0 radical (unpaired) electrons. The number of benzene rings is 3. The number of nitrogens with one attached hydrogen (secondary N) is 2. The highest BCUT2D eigenvalue weighted by Gasteiger charge is 2.12. The van der Waals surface area contributed by atoms with Crippen LogP contribution in [0.3, 0.4) is 0 Å². The first-order valence-electron chi connectivity index (χ1n) is 8.27. The second-order valence-corrected chi connectivity index (χ2v) is 6.00. The van der Waals surface area contributed by atoms with Crippen molar-refractivity contribution in [2.45, 2.75) is 6.54 Å². The first-order chi connectivity index (χ1) is 12.7. The molecule has 1 heterocycles. The minimum Gasteiger partial charge on any atom is -0.347 e. The molecule has 0 saturated carbocycles. The van der Waals surface area contributed by atoms with Crippen molar-refractivity contribution in [3.8, 4) is 11.3 Å². The lowest BCUT2D eigenvalue weighted by Gasteiger charge is -2.04. The summed E-state index contributed by atoms with van der Waals surface area (Å²) in [6.07, 6.45) is 0. The molecule has 3 aromatic carbocycles. The highest BCUT2D eigenvalue weighted by atomic mass is 19.1. The number of fused-ring (bicyclic) bond motifs is 1. The minimum absolute atomic E-state index is 0.256. The van der Waals surface area contributed by atoms with Crippen LogP contribution in [-0.2, 0) is 6.54 Å². The fourth-order valence-electron chi connectivity index (χ4n) is 2.90. The number of carbonyl (C=O) groups excluding carboxylic acids is 1. The molecule has 128 valence electrons. The zero-order valence-corrected chi connectivity index (χ0v) is 13.9. The van der Waals surface area contributed by atoms with Crippen LogP contribution in [0.5, 0.6) is 0 Å². The average molecular weight is 345 g/mol. The highest BCUT2D eigenvalue weighted by Crippen LogP contribution is 2.27. The third-order valence-electron chi connectivity index (χ3n) is 4.25. The number of H-pyrrole nitrogens is 1. The Hall–Kier alpha value is -3.47. The Morgan fingerprint density at radius 1 is 1.00 bits per heavy atom. The van der Waals surface area contributed by atoms with E-state index in [0.717, 1.165) is 21.9 Å². The van der Waals surface area contributed by atoms with Crippen molar-refractivity contribution < 1.29 is 9.18 Å². The number of halogens is 1. The van der Waals surface area contributed by atoms with E-state index in [-0.39, 0.29) is 11.7 Å². The maximum Gasteiger partial charge on any atom is 0.269 e. The molecule has 1 aromatic heterocycles. The van der Waals surface area contributed by atoms with E-state index in [0.29, 0.717) is 17.9 Å². The fourth-order valence-corrected chi connectivity index (χ4v) is 2.90. The largest absolute Gasteiger partial charge is 0.347 e. The normalized spacial score (nSPS) is 10.8. The van der Waals surface area contributed by atoms with Gasteiger partial charge in [0, 0.05) is 12.1 Å². The Kier molecular flexibility index (Phi) is 4.19. The molecular weight excluding hydrogens is 329 g/mol. The lowest BCUT2D eigenvalue weighted by molar-refractivity contribution is 0.0946. The molecule has 0 saturated heterocycles. The summed E-state index contributed by atoms with van der Waals surface area (Å²) in [6.45, 7) is 0.321. The number of carbonyl (C=O) groups is 1. The number of amides is 1. The number of rotatable bonds is 4. The van der Waals surface area contributed by atoms with E-state index in [1.165, 1.54) is 12.1 Å². The van der Waals surface area contributed by atoms with Gasteiger partial charge in [-0.25, -0.2) is 4.39 Å². The monoisotopic (exact) mass is 345 g/mol. The third kappa shape index (κ3) is 3.19. The summed E-state index contributed by atoms with van der Waals surface area (Å²) in [7, 11) is 0. The van der Waals surface area contributed by atoms with E-state index < -0.39 is 0 Å². The van der Waals surface area contributed by atoms with Gasteiger partial charge in [-0.2, -0.15) is 5.10 Å².